The van der Waals surface area contributed by atoms with E-state index in [2.05, 4.69) is 10.6 Å². The van der Waals surface area contributed by atoms with Crippen LogP contribution in [-0.2, 0) is 0 Å². The first-order valence-corrected chi connectivity index (χ1v) is 6.37. The molecule has 20 heavy (non-hydrogen) atoms. The summed E-state index contributed by atoms with van der Waals surface area (Å²) in [5.41, 5.74) is -0.170. The molecule has 0 bridgehead atoms. The van der Waals surface area contributed by atoms with Crippen LogP contribution in [0.15, 0.2) is 18.2 Å². The van der Waals surface area contributed by atoms with Crippen LogP contribution in [0.2, 0.25) is 0 Å². The summed E-state index contributed by atoms with van der Waals surface area (Å²) in [4.78, 5) is 24.3. The number of carboxylic acids is 1. The first-order valence-electron chi connectivity index (χ1n) is 6.37. The van der Waals surface area contributed by atoms with Gasteiger partial charge in [0.25, 0.3) is 0 Å². The number of anilines is 1. The minimum Gasteiger partial charge on any atom is -0.478 e. The predicted octanol–water partition coefficient (Wildman–Crippen LogP) is 1.35. The molecule has 1 aromatic rings. The van der Waals surface area contributed by atoms with Crippen molar-refractivity contribution in [1.82, 2.24) is 10.2 Å². The van der Waals surface area contributed by atoms with Crippen molar-refractivity contribution in [2.24, 2.45) is 0 Å². The summed E-state index contributed by atoms with van der Waals surface area (Å²) in [5.74, 6) is -2.20. The van der Waals surface area contributed by atoms with Crippen molar-refractivity contribution in [1.29, 1.82) is 0 Å². The zero-order valence-electron chi connectivity index (χ0n) is 10.9. The van der Waals surface area contributed by atoms with E-state index in [9.17, 15) is 14.0 Å². The van der Waals surface area contributed by atoms with Crippen LogP contribution >= 0.6 is 0 Å². The average Bonchev–Trinajstić information content (AvgIpc) is 2.67. The van der Waals surface area contributed by atoms with Crippen LogP contribution in [0.4, 0.5) is 14.9 Å². The van der Waals surface area contributed by atoms with Gasteiger partial charge < -0.3 is 20.6 Å². The van der Waals surface area contributed by atoms with E-state index in [0.717, 1.165) is 31.6 Å². The van der Waals surface area contributed by atoms with E-state index in [4.69, 9.17) is 5.11 Å². The molecule has 1 fully saturated rings. The van der Waals surface area contributed by atoms with Crippen LogP contribution in [0.25, 0.3) is 0 Å². The maximum absolute atomic E-state index is 13.5. The first-order chi connectivity index (χ1) is 9.58. The lowest BCUT2D eigenvalue weighted by Gasteiger charge is -2.20. The molecule has 1 aromatic carbocycles. The fraction of sp³-hybridized carbons (Fsp3) is 0.385. The van der Waals surface area contributed by atoms with Gasteiger partial charge >= 0.3 is 12.0 Å². The molecule has 1 aliphatic rings. The quantitative estimate of drug-likeness (QED) is 0.764. The number of halogens is 1. The largest absolute Gasteiger partial charge is 0.478 e. The third-order valence-corrected chi connectivity index (χ3v) is 3.08. The van der Waals surface area contributed by atoms with E-state index in [0.29, 0.717) is 13.1 Å². The predicted molar refractivity (Wildman–Crippen MR) is 71.4 cm³/mol. The van der Waals surface area contributed by atoms with Gasteiger partial charge in [-0.2, -0.15) is 0 Å². The highest BCUT2D eigenvalue weighted by atomic mass is 19.1. The number of hydrogen-bond acceptors (Lipinski definition) is 3. The van der Waals surface area contributed by atoms with Gasteiger partial charge in [0.15, 0.2) is 0 Å². The Morgan fingerprint density at radius 3 is 2.80 bits per heavy atom. The number of nitrogens with one attached hydrogen (secondary N) is 2. The van der Waals surface area contributed by atoms with Crippen LogP contribution < -0.4 is 10.6 Å². The summed E-state index contributed by atoms with van der Waals surface area (Å²) in [7, 11) is 0. The fourth-order valence-electron chi connectivity index (χ4n) is 2.02. The van der Waals surface area contributed by atoms with E-state index in [1.165, 1.54) is 6.07 Å². The van der Waals surface area contributed by atoms with Crippen molar-refractivity contribution in [2.45, 2.75) is 6.42 Å². The summed E-state index contributed by atoms with van der Waals surface area (Å²) < 4.78 is 13.5. The lowest BCUT2D eigenvalue weighted by atomic mass is 10.2. The van der Waals surface area contributed by atoms with Gasteiger partial charge in [0.05, 0.1) is 5.56 Å². The molecule has 1 heterocycles. The maximum atomic E-state index is 13.5. The normalized spacial score (nSPS) is 15.6. The number of rotatable bonds is 2. The number of carbonyl (C=O) groups excluding carboxylic acids is 1. The van der Waals surface area contributed by atoms with E-state index in [1.54, 1.807) is 4.90 Å². The molecule has 1 aliphatic heterocycles. The smallest absolute Gasteiger partial charge is 0.338 e. The Hall–Kier alpha value is -2.15. The van der Waals surface area contributed by atoms with Crippen molar-refractivity contribution < 1.29 is 19.1 Å². The molecule has 0 spiro atoms. The summed E-state index contributed by atoms with van der Waals surface area (Å²) in [6, 6.07) is 3.21. The highest BCUT2D eigenvalue weighted by Gasteiger charge is 2.16. The van der Waals surface area contributed by atoms with Crippen LogP contribution in [0, 0.1) is 5.82 Å². The zero-order chi connectivity index (χ0) is 14.5. The monoisotopic (exact) mass is 281 g/mol. The number of carbonyl (C=O) groups is 2. The molecular formula is C13H16FN3O3. The van der Waals surface area contributed by atoms with E-state index >= 15 is 0 Å². The third-order valence-electron chi connectivity index (χ3n) is 3.08. The van der Waals surface area contributed by atoms with Crippen molar-refractivity contribution in [3.63, 3.8) is 0 Å². The Kier molecular flexibility index (Phi) is 4.52. The SMILES string of the molecule is O=C(O)c1ccc(NC(=O)N2CCCNCC2)cc1F. The molecule has 0 radical (unpaired) electrons. The Balaban J connectivity index is 2.03. The Labute approximate surface area is 115 Å². The molecule has 3 N–H and O–H groups in total. The van der Waals surface area contributed by atoms with Crippen LogP contribution in [0.5, 0.6) is 0 Å². The van der Waals surface area contributed by atoms with Gasteiger partial charge in [0.2, 0.25) is 0 Å². The minimum absolute atomic E-state index is 0.245. The van der Waals surface area contributed by atoms with Crippen molar-refractivity contribution >= 4 is 17.7 Å². The second-order valence-corrected chi connectivity index (χ2v) is 4.52. The van der Waals surface area contributed by atoms with Gasteiger partial charge in [-0.3, -0.25) is 0 Å². The molecule has 1 saturated heterocycles. The molecule has 0 saturated carbocycles. The minimum atomic E-state index is -1.33. The van der Waals surface area contributed by atoms with Crippen molar-refractivity contribution in [3.05, 3.63) is 29.6 Å². The lowest BCUT2D eigenvalue weighted by Crippen LogP contribution is -2.37. The molecule has 0 atom stereocenters. The summed E-state index contributed by atoms with van der Waals surface area (Å²) in [6.45, 7) is 2.81. The van der Waals surface area contributed by atoms with Gasteiger partial charge in [0, 0.05) is 25.3 Å². The van der Waals surface area contributed by atoms with Crippen molar-refractivity contribution in [3.8, 4) is 0 Å². The summed E-state index contributed by atoms with van der Waals surface area (Å²) >= 11 is 0. The number of benzene rings is 1. The molecule has 2 amide bonds. The summed E-state index contributed by atoms with van der Waals surface area (Å²) in [5, 5.41) is 14.5. The average molecular weight is 281 g/mol. The third kappa shape index (κ3) is 3.45. The highest BCUT2D eigenvalue weighted by Crippen LogP contribution is 2.15. The van der Waals surface area contributed by atoms with Crippen LogP contribution in [0.1, 0.15) is 16.8 Å². The molecule has 6 nitrogen and oxygen atoms in total. The molecule has 0 aromatic heterocycles. The summed E-state index contributed by atoms with van der Waals surface area (Å²) in [6.07, 6.45) is 0.861. The van der Waals surface area contributed by atoms with E-state index in [1.807, 2.05) is 0 Å². The molecule has 2 rings (SSSR count). The van der Waals surface area contributed by atoms with Gasteiger partial charge in [0.1, 0.15) is 5.82 Å². The topological polar surface area (TPSA) is 81.7 Å². The second-order valence-electron chi connectivity index (χ2n) is 4.52. The van der Waals surface area contributed by atoms with Crippen LogP contribution in [0.3, 0.4) is 0 Å². The van der Waals surface area contributed by atoms with Gasteiger partial charge in [-0.1, -0.05) is 0 Å². The number of aromatic carboxylic acids is 1. The first kappa shape index (κ1) is 14.3. The van der Waals surface area contributed by atoms with Crippen molar-refractivity contribution in [2.75, 3.05) is 31.5 Å². The lowest BCUT2D eigenvalue weighted by molar-refractivity contribution is 0.0692. The molecule has 108 valence electrons. The number of carboxylic acid groups (broad SMARTS) is 1. The Bertz CT molecular complexity index is 514. The van der Waals surface area contributed by atoms with E-state index in [-0.39, 0.29) is 11.7 Å². The number of hydrogen-bond donors (Lipinski definition) is 3. The maximum Gasteiger partial charge on any atom is 0.338 e. The molecule has 0 unspecified atom stereocenters. The van der Waals surface area contributed by atoms with Gasteiger partial charge in [-0.05, 0) is 31.2 Å². The van der Waals surface area contributed by atoms with E-state index < -0.39 is 17.3 Å². The fourth-order valence-corrected chi connectivity index (χ4v) is 2.02. The standard InChI is InChI=1S/C13H16FN3O3/c14-11-8-9(2-3-10(11)12(18)19)16-13(20)17-6-1-4-15-5-7-17/h2-3,8,15H,1,4-7H2,(H,16,20)(H,18,19). The van der Waals surface area contributed by atoms with Crippen LogP contribution in [-0.4, -0.2) is 48.2 Å². The number of amides is 2. The number of nitrogens with zero attached hydrogens (tertiary/aromatic N) is 1. The second kappa shape index (κ2) is 6.33. The molecular weight excluding hydrogens is 265 g/mol. The van der Waals surface area contributed by atoms with Gasteiger partial charge in [-0.15, -0.1) is 0 Å². The Morgan fingerprint density at radius 1 is 1.30 bits per heavy atom. The number of urea groups is 1. The Morgan fingerprint density at radius 2 is 2.10 bits per heavy atom. The highest BCUT2D eigenvalue weighted by molar-refractivity contribution is 5.91. The zero-order valence-corrected chi connectivity index (χ0v) is 10.9. The molecule has 0 aliphatic carbocycles. The molecule has 7 heteroatoms. The van der Waals surface area contributed by atoms with Gasteiger partial charge in [-0.25, -0.2) is 14.0 Å².